The molecule has 0 aromatic heterocycles. The summed E-state index contributed by atoms with van der Waals surface area (Å²) in [6.45, 7) is 4.62. The molecule has 1 fully saturated rings. The SMILES string of the molecule is CCOC(=O)C1(C)SCC(C(=O)O)N1C(C)=O.[Na]. The molecule has 2 atom stereocenters. The number of hydrogen-bond donors (Lipinski definition) is 1. The van der Waals surface area contributed by atoms with Crippen molar-refractivity contribution in [2.75, 3.05) is 12.4 Å². The van der Waals surface area contributed by atoms with Gasteiger partial charge < -0.3 is 14.7 Å². The van der Waals surface area contributed by atoms with Crippen molar-refractivity contribution in [3.63, 3.8) is 0 Å². The van der Waals surface area contributed by atoms with Gasteiger partial charge in [0.25, 0.3) is 0 Å². The van der Waals surface area contributed by atoms with Crippen LogP contribution in [0.2, 0.25) is 0 Å². The van der Waals surface area contributed by atoms with Gasteiger partial charge in [0, 0.05) is 42.2 Å². The number of carbonyl (C=O) groups is 3. The van der Waals surface area contributed by atoms with Crippen molar-refractivity contribution >= 4 is 59.2 Å². The van der Waals surface area contributed by atoms with Gasteiger partial charge in [-0.05, 0) is 13.8 Å². The van der Waals surface area contributed by atoms with E-state index < -0.39 is 28.8 Å². The largest absolute Gasteiger partial charge is 0.480 e. The summed E-state index contributed by atoms with van der Waals surface area (Å²) in [7, 11) is 0. The maximum absolute atomic E-state index is 11.8. The number of hydrogen-bond acceptors (Lipinski definition) is 5. The number of nitrogens with zero attached hydrogens (tertiary/aromatic N) is 1. The summed E-state index contributed by atoms with van der Waals surface area (Å²) in [4.78, 5) is 34.2. The van der Waals surface area contributed by atoms with Gasteiger partial charge in [0.05, 0.1) is 6.61 Å². The molecule has 1 aliphatic rings. The molecule has 97 valence electrons. The fourth-order valence-corrected chi connectivity index (χ4v) is 3.15. The van der Waals surface area contributed by atoms with Crippen molar-refractivity contribution in [2.24, 2.45) is 0 Å². The van der Waals surface area contributed by atoms with Crippen molar-refractivity contribution < 1.29 is 24.2 Å². The zero-order valence-corrected chi connectivity index (χ0v) is 13.7. The molecule has 6 nitrogen and oxygen atoms in total. The first-order valence-electron chi connectivity index (χ1n) is 5.18. The summed E-state index contributed by atoms with van der Waals surface area (Å²) in [5.74, 6) is -1.95. The molecule has 0 aromatic carbocycles. The number of carbonyl (C=O) groups excluding carboxylic acids is 2. The van der Waals surface area contributed by atoms with Crippen molar-refractivity contribution in [2.45, 2.75) is 31.7 Å². The molecule has 1 saturated heterocycles. The Morgan fingerprint density at radius 1 is 1.50 bits per heavy atom. The number of aliphatic carboxylic acids is 1. The quantitative estimate of drug-likeness (QED) is 0.577. The average molecular weight is 284 g/mol. The van der Waals surface area contributed by atoms with Gasteiger partial charge in [-0.1, -0.05) is 0 Å². The molecule has 1 aliphatic heterocycles. The second-order valence-electron chi connectivity index (χ2n) is 3.76. The van der Waals surface area contributed by atoms with E-state index in [-0.39, 0.29) is 41.9 Å². The number of carboxylic acid groups (broad SMARTS) is 1. The summed E-state index contributed by atoms with van der Waals surface area (Å²) >= 11 is 1.12. The van der Waals surface area contributed by atoms with E-state index >= 15 is 0 Å². The molecule has 0 spiro atoms. The zero-order chi connectivity index (χ0) is 13.2. The monoisotopic (exact) mass is 284 g/mol. The molecule has 1 amide bonds. The zero-order valence-electron chi connectivity index (χ0n) is 10.9. The van der Waals surface area contributed by atoms with E-state index in [2.05, 4.69) is 0 Å². The van der Waals surface area contributed by atoms with Crippen LogP contribution in [0.5, 0.6) is 0 Å². The molecule has 0 saturated carbocycles. The van der Waals surface area contributed by atoms with Gasteiger partial charge in [0.15, 0.2) is 4.87 Å². The maximum atomic E-state index is 11.8. The Morgan fingerprint density at radius 2 is 2.06 bits per heavy atom. The molecule has 1 heterocycles. The van der Waals surface area contributed by atoms with Gasteiger partial charge >= 0.3 is 11.9 Å². The van der Waals surface area contributed by atoms with Crippen LogP contribution in [0.3, 0.4) is 0 Å². The van der Waals surface area contributed by atoms with Crippen LogP contribution in [0, 0.1) is 0 Å². The number of amides is 1. The standard InChI is InChI=1S/C10H15NO5S.Na/c1-4-16-9(15)10(3)11(6(2)12)7(5-17-10)8(13)14;/h7H,4-5H2,1-3H3,(H,13,14);. The van der Waals surface area contributed by atoms with E-state index in [1.54, 1.807) is 6.92 Å². The van der Waals surface area contributed by atoms with Gasteiger partial charge in [-0.3, -0.25) is 4.79 Å². The number of rotatable bonds is 3. The van der Waals surface area contributed by atoms with Crippen LogP contribution in [0.25, 0.3) is 0 Å². The van der Waals surface area contributed by atoms with Gasteiger partial charge in [0.1, 0.15) is 6.04 Å². The Morgan fingerprint density at radius 3 is 2.44 bits per heavy atom. The number of esters is 1. The minimum Gasteiger partial charge on any atom is -0.480 e. The first-order chi connectivity index (χ1) is 7.84. The van der Waals surface area contributed by atoms with E-state index in [0.29, 0.717) is 0 Å². The predicted molar refractivity (Wildman–Crippen MR) is 67.2 cm³/mol. The average Bonchev–Trinajstić information content (AvgIpc) is 2.58. The topological polar surface area (TPSA) is 83.9 Å². The van der Waals surface area contributed by atoms with Gasteiger partial charge in [-0.15, -0.1) is 11.8 Å². The minimum absolute atomic E-state index is 0. The van der Waals surface area contributed by atoms with Crippen LogP contribution in [-0.2, 0) is 19.1 Å². The molecular formula is C10H15NNaO5S. The number of thioether (sulfide) groups is 1. The second kappa shape index (κ2) is 6.79. The molecule has 8 heteroatoms. The summed E-state index contributed by atoms with van der Waals surface area (Å²) in [5.41, 5.74) is 0. The fourth-order valence-electron chi connectivity index (χ4n) is 1.81. The number of carboxylic acids is 1. The van der Waals surface area contributed by atoms with E-state index in [4.69, 9.17) is 9.84 Å². The second-order valence-corrected chi connectivity index (χ2v) is 5.17. The number of ether oxygens (including phenoxy) is 1. The Bertz CT molecular complexity index is 364. The summed E-state index contributed by atoms with van der Waals surface area (Å²) in [5, 5.41) is 9.02. The smallest absolute Gasteiger partial charge is 0.342 e. The molecule has 1 radical (unpaired) electrons. The first kappa shape index (κ1) is 17.8. The van der Waals surface area contributed by atoms with E-state index in [1.165, 1.54) is 13.8 Å². The summed E-state index contributed by atoms with van der Waals surface area (Å²) < 4.78 is 4.89. The van der Waals surface area contributed by atoms with Crippen molar-refractivity contribution in [1.82, 2.24) is 4.90 Å². The van der Waals surface area contributed by atoms with Gasteiger partial charge in [0.2, 0.25) is 5.91 Å². The van der Waals surface area contributed by atoms with E-state index in [9.17, 15) is 14.4 Å². The molecule has 0 aromatic rings. The Balaban J connectivity index is 0.00000289. The Labute approximate surface area is 132 Å². The Hall–Kier alpha value is -0.240. The molecule has 1 rings (SSSR count). The van der Waals surface area contributed by atoms with E-state index in [0.717, 1.165) is 16.7 Å². The minimum atomic E-state index is -1.25. The van der Waals surface area contributed by atoms with Crippen LogP contribution in [0.1, 0.15) is 20.8 Å². The predicted octanol–water partition coefficient (Wildman–Crippen LogP) is -0.0666. The third-order valence-corrected chi connectivity index (χ3v) is 3.98. The van der Waals surface area contributed by atoms with Crippen molar-refractivity contribution in [3.05, 3.63) is 0 Å². The van der Waals surface area contributed by atoms with E-state index in [1.807, 2.05) is 0 Å². The Kier molecular flexibility index (Phi) is 6.70. The van der Waals surface area contributed by atoms with Crippen LogP contribution in [-0.4, -0.2) is 80.7 Å². The van der Waals surface area contributed by atoms with Gasteiger partial charge in [-0.25, -0.2) is 9.59 Å². The normalized spacial score (nSPS) is 26.4. The molecule has 0 bridgehead atoms. The van der Waals surface area contributed by atoms with Crippen molar-refractivity contribution in [3.8, 4) is 0 Å². The van der Waals surface area contributed by atoms with Crippen molar-refractivity contribution in [1.29, 1.82) is 0 Å². The third-order valence-electron chi connectivity index (χ3n) is 2.57. The van der Waals surface area contributed by atoms with Crippen LogP contribution in [0.15, 0.2) is 0 Å². The molecule has 1 N–H and O–H groups in total. The first-order valence-corrected chi connectivity index (χ1v) is 6.17. The third kappa shape index (κ3) is 3.20. The van der Waals surface area contributed by atoms with Crippen LogP contribution >= 0.6 is 11.8 Å². The molecule has 0 aliphatic carbocycles. The molecule has 2 unspecified atom stereocenters. The summed E-state index contributed by atoms with van der Waals surface area (Å²) in [6, 6.07) is -0.980. The van der Waals surface area contributed by atoms with Crippen LogP contribution in [0.4, 0.5) is 0 Å². The molecule has 18 heavy (non-hydrogen) atoms. The maximum Gasteiger partial charge on any atom is 0.342 e. The summed E-state index contributed by atoms with van der Waals surface area (Å²) in [6.07, 6.45) is 0. The van der Waals surface area contributed by atoms with Crippen LogP contribution < -0.4 is 0 Å². The van der Waals surface area contributed by atoms with Gasteiger partial charge in [-0.2, -0.15) is 0 Å². The molecular weight excluding hydrogens is 269 g/mol. The fraction of sp³-hybridized carbons (Fsp3) is 0.700.